The van der Waals surface area contributed by atoms with Crippen LogP contribution in [0.5, 0.6) is 0 Å². The molecule has 114 valence electrons. The molecular weight excluding hydrogens is 278 g/mol. The third-order valence-corrected chi connectivity index (χ3v) is 4.69. The quantitative estimate of drug-likeness (QED) is 0.846. The van der Waals surface area contributed by atoms with Crippen LogP contribution < -0.4 is 10.2 Å². The van der Waals surface area contributed by atoms with Crippen molar-refractivity contribution in [3.63, 3.8) is 0 Å². The Morgan fingerprint density at radius 3 is 2.57 bits per heavy atom. The zero-order chi connectivity index (χ0) is 15.2. The van der Waals surface area contributed by atoms with Crippen molar-refractivity contribution in [1.82, 2.24) is 10.3 Å². The Labute approximate surface area is 132 Å². The number of nitrogens with one attached hydrogen (secondary N) is 1. The molecule has 0 fully saturated rings. The zero-order valence-corrected chi connectivity index (χ0v) is 14.2. The van der Waals surface area contributed by atoms with Crippen molar-refractivity contribution in [1.29, 1.82) is 0 Å². The number of aromatic nitrogens is 1. The minimum absolute atomic E-state index is 0.473. The molecule has 0 bridgehead atoms. The van der Waals surface area contributed by atoms with Crippen LogP contribution >= 0.6 is 11.3 Å². The normalized spacial score (nSPS) is 11.1. The van der Waals surface area contributed by atoms with E-state index in [1.165, 1.54) is 16.1 Å². The van der Waals surface area contributed by atoms with E-state index in [0.717, 1.165) is 24.6 Å². The van der Waals surface area contributed by atoms with Gasteiger partial charge < -0.3 is 10.2 Å². The highest BCUT2D eigenvalue weighted by Crippen LogP contribution is 2.30. The van der Waals surface area contributed by atoms with Gasteiger partial charge in [-0.05, 0) is 24.9 Å². The summed E-state index contributed by atoms with van der Waals surface area (Å²) in [5.74, 6) is 0.473. The van der Waals surface area contributed by atoms with Crippen LogP contribution in [-0.2, 0) is 13.0 Å². The van der Waals surface area contributed by atoms with Gasteiger partial charge in [0, 0.05) is 25.0 Å². The molecular formula is C17H25N3S. The first-order chi connectivity index (χ1) is 10.1. The Kier molecular flexibility index (Phi) is 5.76. The zero-order valence-electron chi connectivity index (χ0n) is 13.4. The molecule has 4 heteroatoms. The molecule has 0 aliphatic heterocycles. The number of likely N-dealkylation sites (N-methyl/N-ethyl adjacent to an activating group) is 1. The highest BCUT2D eigenvalue weighted by Gasteiger charge is 2.15. The summed E-state index contributed by atoms with van der Waals surface area (Å²) in [6, 6.07) is 10.6. The van der Waals surface area contributed by atoms with E-state index in [1.807, 2.05) is 18.4 Å². The molecule has 0 saturated carbocycles. The maximum absolute atomic E-state index is 4.84. The van der Waals surface area contributed by atoms with Gasteiger partial charge in [-0.2, -0.15) is 0 Å². The minimum atomic E-state index is 0.473. The first-order valence-electron chi connectivity index (χ1n) is 7.51. The lowest BCUT2D eigenvalue weighted by molar-refractivity contribution is 0.767. The van der Waals surface area contributed by atoms with Crippen LogP contribution in [0.1, 0.15) is 35.9 Å². The summed E-state index contributed by atoms with van der Waals surface area (Å²) in [6.45, 7) is 6.32. The van der Waals surface area contributed by atoms with E-state index in [9.17, 15) is 0 Å². The Morgan fingerprint density at radius 1 is 1.24 bits per heavy atom. The highest BCUT2D eigenvalue weighted by atomic mass is 32.1. The summed E-state index contributed by atoms with van der Waals surface area (Å²) in [5.41, 5.74) is 2.61. The standard InChI is InChI=1S/C17H25N3S/c1-13(2)16-15(12-18-3)21-17(19-16)20(4)11-10-14-8-6-5-7-9-14/h5-9,13,18H,10-12H2,1-4H3. The molecule has 0 unspecified atom stereocenters. The molecule has 2 aromatic rings. The molecule has 1 N–H and O–H groups in total. The molecule has 0 spiro atoms. The molecule has 0 radical (unpaired) electrons. The van der Waals surface area contributed by atoms with Gasteiger partial charge in [-0.15, -0.1) is 11.3 Å². The van der Waals surface area contributed by atoms with Crippen molar-refractivity contribution in [3.8, 4) is 0 Å². The SMILES string of the molecule is CNCc1sc(N(C)CCc2ccccc2)nc1C(C)C. The Bertz CT molecular complexity index is 548. The summed E-state index contributed by atoms with van der Waals surface area (Å²) < 4.78 is 0. The van der Waals surface area contributed by atoms with Crippen LogP contribution in [0.4, 0.5) is 5.13 Å². The van der Waals surface area contributed by atoms with Crippen molar-refractivity contribution >= 4 is 16.5 Å². The van der Waals surface area contributed by atoms with Crippen molar-refractivity contribution < 1.29 is 0 Å². The van der Waals surface area contributed by atoms with E-state index < -0.39 is 0 Å². The third-order valence-electron chi connectivity index (χ3n) is 3.51. The summed E-state index contributed by atoms with van der Waals surface area (Å²) in [7, 11) is 4.12. The fraction of sp³-hybridized carbons (Fsp3) is 0.471. The Hall–Kier alpha value is -1.39. The largest absolute Gasteiger partial charge is 0.351 e. The first kappa shape index (κ1) is 16.0. The number of thiazole rings is 1. The molecule has 0 saturated heterocycles. The van der Waals surface area contributed by atoms with Crippen LogP contribution in [0.2, 0.25) is 0 Å². The Balaban J connectivity index is 2.05. The van der Waals surface area contributed by atoms with Crippen molar-refractivity contribution in [3.05, 3.63) is 46.5 Å². The maximum Gasteiger partial charge on any atom is 0.185 e. The van der Waals surface area contributed by atoms with Gasteiger partial charge in [-0.25, -0.2) is 4.98 Å². The number of nitrogens with zero attached hydrogens (tertiary/aromatic N) is 2. The highest BCUT2D eigenvalue weighted by molar-refractivity contribution is 7.15. The smallest absolute Gasteiger partial charge is 0.185 e. The summed E-state index contributed by atoms with van der Waals surface area (Å²) in [6.07, 6.45) is 1.05. The Morgan fingerprint density at radius 2 is 1.95 bits per heavy atom. The molecule has 2 rings (SSSR count). The molecule has 21 heavy (non-hydrogen) atoms. The van der Waals surface area contributed by atoms with E-state index in [0.29, 0.717) is 5.92 Å². The minimum Gasteiger partial charge on any atom is -0.351 e. The van der Waals surface area contributed by atoms with Gasteiger partial charge in [0.15, 0.2) is 5.13 Å². The van der Waals surface area contributed by atoms with E-state index in [4.69, 9.17) is 4.98 Å². The predicted molar refractivity (Wildman–Crippen MR) is 92.4 cm³/mol. The second kappa shape index (κ2) is 7.57. The predicted octanol–water partition coefficient (Wildman–Crippen LogP) is 3.66. The topological polar surface area (TPSA) is 28.2 Å². The lowest BCUT2D eigenvalue weighted by Gasteiger charge is -2.15. The number of anilines is 1. The lowest BCUT2D eigenvalue weighted by atomic mass is 10.1. The molecule has 0 amide bonds. The van der Waals surface area contributed by atoms with Gasteiger partial charge in [0.05, 0.1) is 5.69 Å². The van der Waals surface area contributed by atoms with E-state index in [-0.39, 0.29) is 0 Å². The van der Waals surface area contributed by atoms with Gasteiger partial charge in [-0.3, -0.25) is 0 Å². The average Bonchev–Trinajstić information content (AvgIpc) is 2.90. The summed E-state index contributed by atoms with van der Waals surface area (Å²) >= 11 is 1.81. The molecule has 0 aliphatic carbocycles. The number of hydrogen-bond acceptors (Lipinski definition) is 4. The monoisotopic (exact) mass is 303 g/mol. The van der Waals surface area contributed by atoms with Crippen LogP contribution in [-0.4, -0.2) is 25.6 Å². The van der Waals surface area contributed by atoms with E-state index in [2.05, 4.69) is 61.4 Å². The lowest BCUT2D eigenvalue weighted by Crippen LogP contribution is -2.20. The van der Waals surface area contributed by atoms with Crippen LogP contribution in [0.25, 0.3) is 0 Å². The van der Waals surface area contributed by atoms with Gasteiger partial charge in [0.25, 0.3) is 0 Å². The molecule has 0 aliphatic rings. The van der Waals surface area contributed by atoms with Gasteiger partial charge in [0.2, 0.25) is 0 Å². The third kappa shape index (κ3) is 4.29. The van der Waals surface area contributed by atoms with Crippen molar-refractivity contribution in [2.75, 3.05) is 25.5 Å². The molecule has 0 atom stereocenters. The van der Waals surface area contributed by atoms with Crippen LogP contribution in [0, 0.1) is 0 Å². The van der Waals surface area contributed by atoms with Gasteiger partial charge in [0.1, 0.15) is 0 Å². The van der Waals surface area contributed by atoms with Gasteiger partial charge in [-0.1, -0.05) is 44.2 Å². The summed E-state index contributed by atoms with van der Waals surface area (Å²) in [4.78, 5) is 8.47. The fourth-order valence-corrected chi connectivity index (χ4v) is 3.50. The van der Waals surface area contributed by atoms with E-state index >= 15 is 0 Å². The molecule has 1 aromatic heterocycles. The van der Waals surface area contributed by atoms with Crippen molar-refractivity contribution in [2.45, 2.75) is 32.7 Å². The molecule has 1 aromatic carbocycles. The number of hydrogen-bond donors (Lipinski definition) is 1. The average molecular weight is 303 g/mol. The van der Waals surface area contributed by atoms with Crippen LogP contribution in [0.3, 0.4) is 0 Å². The van der Waals surface area contributed by atoms with Gasteiger partial charge >= 0.3 is 0 Å². The fourth-order valence-electron chi connectivity index (χ4n) is 2.29. The maximum atomic E-state index is 4.84. The van der Waals surface area contributed by atoms with Crippen LogP contribution in [0.15, 0.2) is 30.3 Å². The molecule has 1 heterocycles. The summed E-state index contributed by atoms with van der Waals surface area (Å²) in [5, 5.41) is 4.37. The molecule has 3 nitrogen and oxygen atoms in total. The number of rotatable bonds is 7. The second-order valence-corrected chi connectivity index (χ2v) is 6.71. The number of benzene rings is 1. The second-order valence-electron chi connectivity index (χ2n) is 5.65. The van der Waals surface area contributed by atoms with E-state index in [1.54, 1.807) is 0 Å². The first-order valence-corrected chi connectivity index (χ1v) is 8.32. The van der Waals surface area contributed by atoms with Crippen molar-refractivity contribution in [2.24, 2.45) is 0 Å².